The van der Waals surface area contributed by atoms with E-state index in [2.05, 4.69) is 10.2 Å². The number of rotatable bonds is 7. The van der Waals surface area contributed by atoms with Gasteiger partial charge in [0.25, 0.3) is 5.22 Å². The van der Waals surface area contributed by atoms with Crippen molar-refractivity contribution in [2.75, 3.05) is 21.3 Å². The molecule has 0 radical (unpaired) electrons. The third-order valence-electron chi connectivity index (χ3n) is 4.78. The average molecular weight is 412 g/mol. The lowest BCUT2D eigenvalue weighted by Crippen LogP contribution is -2.11. The van der Waals surface area contributed by atoms with E-state index in [9.17, 15) is 4.79 Å². The van der Waals surface area contributed by atoms with E-state index in [1.54, 1.807) is 27.4 Å². The Morgan fingerprint density at radius 1 is 1.03 bits per heavy atom. The van der Waals surface area contributed by atoms with E-state index in [4.69, 9.17) is 18.6 Å². The maximum atomic E-state index is 12.8. The first-order valence-electron chi connectivity index (χ1n) is 9.02. The van der Waals surface area contributed by atoms with Gasteiger partial charge in [-0.15, -0.1) is 10.2 Å². The van der Waals surface area contributed by atoms with Gasteiger partial charge in [0.05, 0.1) is 33.0 Å². The molecule has 0 unspecified atom stereocenters. The molecule has 1 atom stereocenters. The van der Waals surface area contributed by atoms with Crippen LogP contribution in [-0.2, 0) is 12.8 Å². The van der Waals surface area contributed by atoms with Gasteiger partial charge in [0, 0.05) is 5.56 Å². The summed E-state index contributed by atoms with van der Waals surface area (Å²) in [6, 6.07) is 11.3. The van der Waals surface area contributed by atoms with Crippen LogP contribution in [-0.4, -0.2) is 42.6 Å². The third-order valence-corrected chi connectivity index (χ3v) is 5.81. The maximum Gasteiger partial charge on any atom is 0.277 e. The van der Waals surface area contributed by atoms with Crippen LogP contribution in [0.25, 0.3) is 0 Å². The van der Waals surface area contributed by atoms with E-state index < -0.39 is 0 Å². The lowest BCUT2D eigenvalue weighted by Gasteiger charge is -2.09. The van der Waals surface area contributed by atoms with Crippen LogP contribution in [0.4, 0.5) is 0 Å². The van der Waals surface area contributed by atoms with Gasteiger partial charge in [0.2, 0.25) is 5.89 Å². The Labute approximate surface area is 172 Å². The summed E-state index contributed by atoms with van der Waals surface area (Å²) >= 11 is 1.29. The first-order chi connectivity index (χ1) is 14.1. The fourth-order valence-corrected chi connectivity index (χ4v) is 4.25. The zero-order valence-electron chi connectivity index (χ0n) is 16.3. The lowest BCUT2D eigenvalue weighted by molar-refractivity contribution is 0.0999. The van der Waals surface area contributed by atoms with Crippen LogP contribution in [0.5, 0.6) is 17.2 Å². The number of hydrogen-bond donors (Lipinski definition) is 0. The number of benzene rings is 2. The molecule has 2 aromatic carbocycles. The molecule has 0 N–H and O–H groups in total. The summed E-state index contributed by atoms with van der Waals surface area (Å²) in [7, 11) is 4.76. The van der Waals surface area contributed by atoms with Crippen LogP contribution in [0, 0.1) is 0 Å². The van der Waals surface area contributed by atoms with Crippen molar-refractivity contribution in [1.82, 2.24) is 10.2 Å². The minimum atomic E-state index is -0.309. The molecule has 8 heteroatoms. The molecule has 1 aliphatic carbocycles. The average Bonchev–Trinajstić information content (AvgIpc) is 3.31. The van der Waals surface area contributed by atoms with Crippen molar-refractivity contribution < 1.29 is 23.4 Å². The number of nitrogens with zero attached hydrogens (tertiary/aromatic N) is 2. The summed E-state index contributed by atoms with van der Waals surface area (Å²) in [5.41, 5.74) is 2.62. The molecule has 1 aromatic heterocycles. The Hall–Kier alpha value is -3.00. The van der Waals surface area contributed by atoms with Crippen molar-refractivity contribution in [3.05, 3.63) is 59.0 Å². The monoisotopic (exact) mass is 412 g/mol. The second-order valence-electron chi connectivity index (χ2n) is 6.53. The molecule has 4 rings (SSSR count). The first kappa shape index (κ1) is 19.3. The lowest BCUT2D eigenvalue weighted by atomic mass is 10.1. The summed E-state index contributed by atoms with van der Waals surface area (Å²) in [5, 5.41) is 8.28. The highest BCUT2D eigenvalue weighted by molar-refractivity contribution is 8.00. The predicted octanol–water partition coefficient (Wildman–Crippen LogP) is 3.59. The number of carbonyl (C=O) groups is 1. The Morgan fingerprint density at radius 2 is 1.76 bits per heavy atom. The van der Waals surface area contributed by atoms with Crippen LogP contribution >= 0.6 is 11.8 Å². The molecule has 7 nitrogen and oxygen atoms in total. The Bertz CT molecular complexity index is 1030. The molecule has 0 saturated heterocycles. The van der Waals surface area contributed by atoms with Gasteiger partial charge in [-0.25, -0.2) is 0 Å². The minimum absolute atomic E-state index is 0.0286. The van der Waals surface area contributed by atoms with E-state index in [1.807, 2.05) is 30.3 Å². The second kappa shape index (κ2) is 8.16. The summed E-state index contributed by atoms with van der Waals surface area (Å²) in [6.45, 7) is 0. The quantitative estimate of drug-likeness (QED) is 0.582. The molecule has 29 heavy (non-hydrogen) atoms. The standard InChI is InChI=1S/C21H20N2O5S/c1-25-14-6-4-12(5-7-14)8-19-22-23-21(28-19)29-18-10-13-9-16(26-2)17(27-3)11-15(13)20(18)24/h4-7,9,11,18H,8,10H2,1-3H3/t18-/m0/s1. The summed E-state index contributed by atoms with van der Waals surface area (Å²) in [6.07, 6.45) is 1.10. The van der Waals surface area contributed by atoms with Gasteiger partial charge in [-0.1, -0.05) is 23.9 Å². The van der Waals surface area contributed by atoms with Crippen molar-refractivity contribution in [3.8, 4) is 17.2 Å². The third kappa shape index (κ3) is 3.93. The molecular formula is C21H20N2O5S. The van der Waals surface area contributed by atoms with Crippen LogP contribution < -0.4 is 14.2 Å². The van der Waals surface area contributed by atoms with Crippen LogP contribution in [0.3, 0.4) is 0 Å². The largest absolute Gasteiger partial charge is 0.497 e. The van der Waals surface area contributed by atoms with E-state index in [1.165, 1.54) is 11.8 Å². The topological polar surface area (TPSA) is 83.7 Å². The fourth-order valence-electron chi connectivity index (χ4n) is 3.28. The summed E-state index contributed by atoms with van der Waals surface area (Å²) in [4.78, 5) is 12.8. The van der Waals surface area contributed by atoms with E-state index in [-0.39, 0.29) is 11.0 Å². The molecule has 0 aliphatic heterocycles. The predicted molar refractivity (Wildman–Crippen MR) is 107 cm³/mol. The number of ketones is 1. The molecule has 0 saturated carbocycles. The highest BCUT2D eigenvalue weighted by atomic mass is 32.2. The van der Waals surface area contributed by atoms with E-state index in [0.717, 1.165) is 16.9 Å². The fraction of sp³-hybridized carbons (Fsp3) is 0.286. The number of aromatic nitrogens is 2. The normalized spacial score (nSPS) is 15.3. The van der Waals surface area contributed by atoms with Crippen molar-refractivity contribution in [3.63, 3.8) is 0 Å². The molecule has 1 heterocycles. The molecule has 0 fully saturated rings. The molecule has 0 bridgehead atoms. The Kier molecular flexibility index (Phi) is 5.44. The smallest absolute Gasteiger partial charge is 0.277 e. The highest BCUT2D eigenvalue weighted by Crippen LogP contribution is 2.39. The van der Waals surface area contributed by atoms with Crippen molar-refractivity contribution in [2.24, 2.45) is 0 Å². The summed E-state index contributed by atoms with van der Waals surface area (Å²) in [5.74, 6) is 2.49. The highest BCUT2D eigenvalue weighted by Gasteiger charge is 2.34. The first-order valence-corrected chi connectivity index (χ1v) is 9.90. The number of carbonyl (C=O) groups excluding carboxylic acids is 1. The minimum Gasteiger partial charge on any atom is -0.497 e. The van der Waals surface area contributed by atoms with Gasteiger partial charge in [0.15, 0.2) is 17.3 Å². The maximum absolute atomic E-state index is 12.8. The number of ether oxygens (including phenoxy) is 3. The number of Topliss-reactive ketones (excluding diaryl/α,β-unsaturated/α-hetero) is 1. The van der Waals surface area contributed by atoms with Gasteiger partial charge in [0.1, 0.15) is 5.75 Å². The van der Waals surface area contributed by atoms with Crippen LogP contribution in [0.2, 0.25) is 0 Å². The zero-order chi connectivity index (χ0) is 20.4. The van der Waals surface area contributed by atoms with E-state index >= 15 is 0 Å². The molecule has 0 amide bonds. The summed E-state index contributed by atoms with van der Waals surface area (Å²) < 4.78 is 21.6. The molecule has 3 aromatic rings. The van der Waals surface area contributed by atoms with Gasteiger partial charge in [-0.2, -0.15) is 0 Å². The zero-order valence-corrected chi connectivity index (χ0v) is 17.1. The van der Waals surface area contributed by atoms with Gasteiger partial charge >= 0.3 is 0 Å². The van der Waals surface area contributed by atoms with Crippen LogP contribution in [0.15, 0.2) is 46.0 Å². The molecule has 0 spiro atoms. The van der Waals surface area contributed by atoms with E-state index in [0.29, 0.717) is 41.0 Å². The molecule has 1 aliphatic rings. The van der Waals surface area contributed by atoms with Gasteiger partial charge in [-0.05, 0) is 41.8 Å². The number of thioether (sulfide) groups is 1. The van der Waals surface area contributed by atoms with Crippen molar-refractivity contribution in [1.29, 1.82) is 0 Å². The SMILES string of the molecule is COc1ccc(Cc2nnc(S[C@H]3Cc4cc(OC)c(OC)cc4C3=O)o2)cc1. The molecular weight excluding hydrogens is 392 g/mol. The number of methoxy groups -OCH3 is 3. The van der Waals surface area contributed by atoms with Crippen molar-refractivity contribution in [2.45, 2.75) is 23.3 Å². The molecule has 150 valence electrons. The number of hydrogen-bond acceptors (Lipinski definition) is 8. The van der Waals surface area contributed by atoms with Crippen molar-refractivity contribution >= 4 is 17.5 Å². The number of fused-ring (bicyclic) bond motifs is 1. The Balaban J connectivity index is 1.45. The van der Waals surface area contributed by atoms with Gasteiger partial charge in [-0.3, -0.25) is 4.79 Å². The van der Waals surface area contributed by atoms with Crippen LogP contribution in [0.1, 0.15) is 27.4 Å². The second-order valence-corrected chi connectivity index (χ2v) is 7.68. The Morgan fingerprint density at radius 3 is 2.45 bits per heavy atom. The van der Waals surface area contributed by atoms with Gasteiger partial charge < -0.3 is 18.6 Å².